The van der Waals surface area contributed by atoms with Crippen molar-refractivity contribution in [1.29, 1.82) is 0 Å². The average molecular weight is 286 g/mol. The minimum atomic E-state index is -4.73. The van der Waals surface area contributed by atoms with Crippen molar-refractivity contribution >= 4 is 17.7 Å². The Kier molecular flexibility index (Phi) is 7.70. The molecular weight excluding hydrogens is 265 g/mol. The molecule has 0 aliphatic carbocycles. The number of rotatable bonds is 8. The maximum Gasteiger partial charge on any atom is 0.415 e. The van der Waals surface area contributed by atoms with E-state index in [2.05, 4.69) is 5.32 Å². The minimum absolute atomic E-state index is 0.237. The molecule has 0 saturated carbocycles. The van der Waals surface area contributed by atoms with Gasteiger partial charge in [-0.1, -0.05) is 12.8 Å². The van der Waals surface area contributed by atoms with E-state index in [1.165, 1.54) is 0 Å². The summed E-state index contributed by atoms with van der Waals surface area (Å²) in [5.41, 5.74) is 2.16. The maximum atomic E-state index is 12.4. The molecule has 0 fully saturated rings. The van der Waals surface area contributed by atoms with Crippen molar-refractivity contribution in [3.63, 3.8) is 0 Å². The third-order valence-corrected chi connectivity index (χ3v) is 3.32. The second-order valence-corrected chi connectivity index (χ2v) is 5.35. The maximum absolute atomic E-state index is 12.4. The van der Waals surface area contributed by atoms with E-state index in [-0.39, 0.29) is 6.54 Å². The zero-order valence-electron chi connectivity index (χ0n) is 10.8. The highest BCUT2D eigenvalue weighted by Gasteiger charge is 2.53. The molecule has 0 saturated heterocycles. The number of carbonyl (C=O) groups is 1. The van der Waals surface area contributed by atoms with Gasteiger partial charge >= 0.3 is 6.18 Å². The number of halogens is 3. The minimum Gasteiger partial charge on any atom is -0.354 e. The van der Waals surface area contributed by atoms with Crippen LogP contribution in [0.25, 0.3) is 0 Å². The smallest absolute Gasteiger partial charge is 0.354 e. The first kappa shape index (κ1) is 17.6. The summed E-state index contributed by atoms with van der Waals surface area (Å²) in [6, 6.07) is 0. The number of hydrogen-bond donors (Lipinski definition) is 2. The average Bonchev–Trinajstić information content (AvgIpc) is 2.26. The summed E-state index contributed by atoms with van der Waals surface area (Å²) >= 11 is 1.77. The van der Waals surface area contributed by atoms with Crippen LogP contribution in [0.1, 0.15) is 32.6 Å². The normalized spacial score (nSPS) is 15.2. The molecule has 0 aromatic carbocycles. The Morgan fingerprint density at radius 2 is 1.78 bits per heavy atom. The van der Waals surface area contributed by atoms with Gasteiger partial charge in [0.05, 0.1) is 0 Å². The van der Waals surface area contributed by atoms with Crippen molar-refractivity contribution in [1.82, 2.24) is 5.32 Å². The van der Waals surface area contributed by atoms with Gasteiger partial charge in [0.25, 0.3) is 0 Å². The van der Waals surface area contributed by atoms with Gasteiger partial charge < -0.3 is 11.1 Å². The summed E-state index contributed by atoms with van der Waals surface area (Å²) in [4.78, 5) is 11.3. The van der Waals surface area contributed by atoms with E-state index in [9.17, 15) is 18.0 Å². The molecular formula is C11H21F3N2OS. The van der Waals surface area contributed by atoms with Gasteiger partial charge in [0.1, 0.15) is 0 Å². The molecule has 0 aromatic rings. The third-order valence-electron chi connectivity index (χ3n) is 2.62. The van der Waals surface area contributed by atoms with E-state index < -0.39 is 17.6 Å². The number of alkyl halides is 3. The standard InChI is InChI=1S/C11H21F3N2OS/c1-10(15,11(12,13)14)9(17)16-7-5-3-4-6-8-18-2/h3-8,15H2,1-2H3,(H,16,17). The molecule has 0 rings (SSSR count). The van der Waals surface area contributed by atoms with Gasteiger partial charge in [-0.25, -0.2) is 0 Å². The lowest BCUT2D eigenvalue weighted by molar-refractivity contribution is -0.187. The molecule has 18 heavy (non-hydrogen) atoms. The fourth-order valence-electron chi connectivity index (χ4n) is 1.24. The van der Waals surface area contributed by atoms with Crippen LogP contribution in [0.4, 0.5) is 13.2 Å². The van der Waals surface area contributed by atoms with Crippen molar-refractivity contribution in [2.24, 2.45) is 5.73 Å². The third kappa shape index (κ3) is 5.95. The van der Waals surface area contributed by atoms with Gasteiger partial charge in [-0.05, 0) is 31.8 Å². The Balaban J connectivity index is 3.78. The summed E-state index contributed by atoms with van der Waals surface area (Å²) in [5.74, 6) is -0.0829. The molecule has 0 radical (unpaired) electrons. The van der Waals surface area contributed by atoms with Gasteiger partial charge in [0.15, 0.2) is 5.54 Å². The fraction of sp³-hybridized carbons (Fsp3) is 0.909. The van der Waals surface area contributed by atoms with Crippen molar-refractivity contribution in [3.8, 4) is 0 Å². The molecule has 108 valence electrons. The lowest BCUT2D eigenvalue weighted by Crippen LogP contribution is -2.61. The van der Waals surface area contributed by atoms with E-state index in [1.54, 1.807) is 11.8 Å². The molecule has 0 heterocycles. The van der Waals surface area contributed by atoms with Crippen molar-refractivity contribution in [2.45, 2.75) is 44.3 Å². The summed E-state index contributed by atoms with van der Waals surface area (Å²) in [6.45, 7) is 0.918. The zero-order valence-corrected chi connectivity index (χ0v) is 11.6. The van der Waals surface area contributed by atoms with E-state index in [1.807, 2.05) is 6.26 Å². The van der Waals surface area contributed by atoms with Crippen LogP contribution in [-0.2, 0) is 4.79 Å². The number of unbranched alkanes of at least 4 members (excludes halogenated alkanes) is 3. The molecule has 0 aliphatic rings. The van der Waals surface area contributed by atoms with Crippen LogP contribution in [0.15, 0.2) is 0 Å². The molecule has 3 N–H and O–H groups in total. The van der Waals surface area contributed by atoms with E-state index in [0.29, 0.717) is 13.3 Å². The lowest BCUT2D eigenvalue weighted by atomic mass is 10.0. The molecule has 0 aliphatic heterocycles. The molecule has 7 heteroatoms. The topological polar surface area (TPSA) is 55.1 Å². The van der Waals surface area contributed by atoms with Crippen LogP contribution < -0.4 is 11.1 Å². The van der Waals surface area contributed by atoms with E-state index in [0.717, 1.165) is 25.0 Å². The number of nitrogens with one attached hydrogen (secondary N) is 1. The predicted molar refractivity (Wildman–Crippen MR) is 68.5 cm³/mol. The SMILES string of the molecule is CSCCCCCCNC(=O)C(C)(N)C(F)(F)F. The number of thioether (sulfide) groups is 1. The van der Waals surface area contributed by atoms with Gasteiger partial charge in [-0.15, -0.1) is 0 Å². The second kappa shape index (κ2) is 7.89. The van der Waals surface area contributed by atoms with E-state index >= 15 is 0 Å². The number of amides is 1. The van der Waals surface area contributed by atoms with Crippen molar-refractivity contribution in [3.05, 3.63) is 0 Å². The van der Waals surface area contributed by atoms with Gasteiger partial charge in [0, 0.05) is 6.54 Å². The zero-order chi connectivity index (χ0) is 14.2. The number of nitrogens with two attached hydrogens (primary N) is 1. The largest absolute Gasteiger partial charge is 0.415 e. The molecule has 3 nitrogen and oxygen atoms in total. The Morgan fingerprint density at radius 1 is 1.22 bits per heavy atom. The molecule has 1 amide bonds. The first-order chi connectivity index (χ1) is 8.23. The molecule has 0 spiro atoms. The van der Waals surface area contributed by atoms with Crippen molar-refractivity contribution < 1.29 is 18.0 Å². The quantitative estimate of drug-likeness (QED) is 0.673. The molecule has 0 bridgehead atoms. The van der Waals surface area contributed by atoms with Crippen LogP contribution in [0.5, 0.6) is 0 Å². The highest BCUT2D eigenvalue weighted by molar-refractivity contribution is 7.98. The first-order valence-corrected chi connectivity index (χ1v) is 7.25. The van der Waals surface area contributed by atoms with Gasteiger partial charge in [-0.2, -0.15) is 24.9 Å². The van der Waals surface area contributed by atoms with Crippen LogP contribution in [0.2, 0.25) is 0 Å². The Hall–Kier alpha value is -0.430. The summed E-state index contributed by atoms with van der Waals surface area (Å²) < 4.78 is 37.2. The van der Waals surface area contributed by atoms with E-state index in [4.69, 9.17) is 5.73 Å². The Labute approximate surface area is 110 Å². The summed E-state index contributed by atoms with van der Waals surface area (Å²) in [5, 5.41) is 2.23. The second-order valence-electron chi connectivity index (χ2n) is 4.36. The van der Waals surface area contributed by atoms with Crippen LogP contribution in [0, 0.1) is 0 Å². The predicted octanol–water partition coefficient (Wildman–Crippen LogP) is 2.31. The Morgan fingerprint density at radius 3 is 2.28 bits per heavy atom. The first-order valence-electron chi connectivity index (χ1n) is 5.86. The number of carbonyl (C=O) groups excluding carboxylic acids is 1. The Bertz CT molecular complexity index is 257. The van der Waals surface area contributed by atoms with Crippen LogP contribution in [0.3, 0.4) is 0 Å². The fourth-order valence-corrected chi connectivity index (χ4v) is 1.73. The molecule has 0 aromatic heterocycles. The lowest BCUT2D eigenvalue weighted by Gasteiger charge is -2.26. The van der Waals surface area contributed by atoms with Gasteiger partial charge in [0.2, 0.25) is 5.91 Å². The van der Waals surface area contributed by atoms with Crippen molar-refractivity contribution in [2.75, 3.05) is 18.6 Å². The molecule has 1 unspecified atom stereocenters. The van der Waals surface area contributed by atoms with Crippen LogP contribution >= 0.6 is 11.8 Å². The summed E-state index contributed by atoms with van der Waals surface area (Å²) in [6.07, 6.45) is 0.985. The van der Waals surface area contributed by atoms with Gasteiger partial charge in [-0.3, -0.25) is 4.79 Å². The molecule has 1 atom stereocenters. The van der Waals surface area contributed by atoms with Crippen LogP contribution in [-0.4, -0.2) is 36.2 Å². The highest BCUT2D eigenvalue weighted by Crippen LogP contribution is 2.27. The monoisotopic (exact) mass is 286 g/mol. The highest BCUT2D eigenvalue weighted by atomic mass is 32.2. The summed E-state index contributed by atoms with van der Waals surface area (Å²) in [7, 11) is 0. The number of hydrogen-bond acceptors (Lipinski definition) is 3.